The van der Waals surface area contributed by atoms with Crippen molar-refractivity contribution < 1.29 is 4.79 Å². The first-order valence-corrected chi connectivity index (χ1v) is 10.2. The summed E-state index contributed by atoms with van der Waals surface area (Å²) in [6.45, 7) is 6.77. The van der Waals surface area contributed by atoms with Crippen molar-refractivity contribution in [1.29, 1.82) is 0 Å². The smallest absolute Gasteiger partial charge is 0.193 e. The largest absolute Gasteiger partial charge is 0.300 e. The summed E-state index contributed by atoms with van der Waals surface area (Å²) in [4.78, 5) is 15.7. The van der Waals surface area contributed by atoms with Crippen molar-refractivity contribution in [3.05, 3.63) is 69.7 Å². The van der Waals surface area contributed by atoms with E-state index in [4.69, 9.17) is 11.6 Å². The average Bonchev–Trinajstić information content (AvgIpc) is 2.67. The zero-order chi connectivity index (χ0) is 18.5. The summed E-state index contributed by atoms with van der Waals surface area (Å²) in [5.41, 5.74) is 4.17. The molecular weight excluding hydrogens is 342 g/mol. The maximum absolute atomic E-state index is 13.1. The van der Waals surface area contributed by atoms with Crippen LogP contribution in [-0.2, 0) is 12.8 Å². The molecule has 0 spiro atoms. The molecule has 2 aromatic carbocycles. The lowest BCUT2D eigenvalue weighted by atomic mass is 9.82. The van der Waals surface area contributed by atoms with Crippen LogP contribution in [0.1, 0.15) is 60.2 Å². The molecule has 0 aliphatic heterocycles. The Kier molecular flexibility index (Phi) is 6.50. The molecule has 1 unspecified atom stereocenters. The number of rotatable bonds is 7. The lowest BCUT2D eigenvalue weighted by molar-refractivity contribution is 0.103. The number of hydrogen-bond acceptors (Lipinski definition) is 2. The van der Waals surface area contributed by atoms with Crippen molar-refractivity contribution in [3.63, 3.8) is 0 Å². The van der Waals surface area contributed by atoms with Crippen LogP contribution in [0.25, 0.3) is 0 Å². The molecule has 0 bridgehead atoms. The maximum Gasteiger partial charge on any atom is 0.193 e. The number of ketones is 1. The summed E-state index contributed by atoms with van der Waals surface area (Å²) in [7, 11) is 0. The third kappa shape index (κ3) is 4.19. The predicted octanol–water partition coefficient (Wildman–Crippen LogP) is 5.55. The van der Waals surface area contributed by atoms with Crippen molar-refractivity contribution >= 4 is 17.4 Å². The van der Waals surface area contributed by atoms with Gasteiger partial charge in [-0.25, -0.2) is 0 Å². The third-order valence-corrected chi connectivity index (χ3v) is 5.60. The van der Waals surface area contributed by atoms with Gasteiger partial charge in [0.15, 0.2) is 5.78 Å². The normalized spacial score (nSPS) is 16.5. The van der Waals surface area contributed by atoms with E-state index in [1.165, 1.54) is 30.4 Å². The number of hydrogen-bond donors (Lipinski definition) is 0. The van der Waals surface area contributed by atoms with Gasteiger partial charge in [0.25, 0.3) is 0 Å². The summed E-state index contributed by atoms with van der Waals surface area (Å²) in [6.07, 6.45) is 5.57. The highest BCUT2D eigenvalue weighted by Gasteiger charge is 2.27. The Bertz CT molecular complexity index is 747. The van der Waals surface area contributed by atoms with Crippen LogP contribution in [0.2, 0.25) is 5.02 Å². The van der Waals surface area contributed by atoms with Crippen molar-refractivity contribution in [2.75, 3.05) is 13.1 Å². The maximum atomic E-state index is 13.1. The minimum atomic E-state index is 0.108. The van der Waals surface area contributed by atoms with Gasteiger partial charge in [0.2, 0.25) is 0 Å². The van der Waals surface area contributed by atoms with Crippen LogP contribution in [0.4, 0.5) is 0 Å². The molecule has 2 nitrogen and oxygen atoms in total. The highest BCUT2D eigenvalue weighted by molar-refractivity contribution is 6.30. The second-order valence-electron chi connectivity index (χ2n) is 7.21. The molecule has 0 fully saturated rings. The van der Waals surface area contributed by atoms with Crippen LogP contribution in [0.3, 0.4) is 0 Å². The fourth-order valence-corrected chi connectivity index (χ4v) is 4.23. The van der Waals surface area contributed by atoms with Gasteiger partial charge in [-0.05, 0) is 80.6 Å². The second kappa shape index (κ2) is 8.83. The fraction of sp³-hybridized carbons (Fsp3) is 0.435. The van der Waals surface area contributed by atoms with Crippen molar-refractivity contribution in [1.82, 2.24) is 4.90 Å². The first kappa shape index (κ1) is 19.1. The standard InChI is InChI=1S/C23H28ClNO/c1-3-14-25(15-4-2)20-13-10-17-6-5-7-21(22(17)16-20)23(26)18-8-11-19(24)12-9-18/h5-9,11-12,20H,3-4,10,13-16H2,1-2H3. The van der Waals surface area contributed by atoms with E-state index in [0.717, 1.165) is 31.5 Å². The zero-order valence-corrected chi connectivity index (χ0v) is 16.6. The molecule has 0 aromatic heterocycles. The minimum Gasteiger partial charge on any atom is -0.300 e. The topological polar surface area (TPSA) is 20.3 Å². The number of fused-ring (bicyclic) bond motifs is 1. The minimum absolute atomic E-state index is 0.108. The zero-order valence-electron chi connectivity index (χ0n) is 15.8. The van der Waals surface area contributed by atoms with Gasteiger partial charge in [-0.15, -0.1) is 0 Å². The second-order valence-corrected chi connectivity index (χ2v) is 7.65. The van der Waals surface area contributed by atoms with E-state index in [1.54, 1.807) is 12.1 Å². The molecule has 0 saturated carbocycles. The molecule has 1 aliphatic carbocycles. The molecule has 1 atom stereocenters. The molecule has 0 saturated heterocycles. The Hall–Kier alpha value is -1.64. The molecule has 0 heterocycles. The van der Waals surface area contributed by atoms with Gasteiger partial charge in [0.05, 0.1) is 0 Å². The van der Waals surface area contributed by atoms with Gasteiger partial charge in [-0.3, -0.25) is 4.79 Å². The summed E-state index contributed by atoms with van der Waals surface area (Å²) in [5, 5.41) is 0.659. The van der Waals surface area contributed by atoms with Gasteiger partial charge in [0.1, 0.15) is 0 Å². The summed E-state index contributed by atoms with van der Waals surface area (Å²) < 4.78 is 0. The van der Waals surface area contributed by atoms with Gasteiger partial charge in [-0.2, -0.15) is 0 Å². The van der Waals surface area contributed by atoms with Gasteiger partial charge < -0.3 is 4.90 Å². The Balaban J connectivity index is 1.89. The number of halogens is 1. The molecule has 0 radical (unpaired) electrons. The van der Waals surface area contributed by atoms with Crippen LogP contribution in [0.5, 0.6) is 0 Å². The van der Waals surface area contributed by atoms with E-state index >= 15 is 0 Å². The fourth-order valence-electron chi connectivity index (χ4n) is 4.10. The number of nitrogens with zero attached hydrogens (tertiary/aromatic N) is 1. The number of aryl methyl sites for hydroxylation is 1. The summed E-state index contributed by atoms with van der Waals surface area (Å²) >= 11 is 5.97. The van der Waals surface area contributed by atoms with Crippen LogP contribution >= 0.6 is 11.6 Å². The quantitative estimate of drug-likeness (QED) is 0.596. The third-order valence-electron chi connectivity index (χ3n) is 5.35. The molecule has 0 N–H and O–H groups in total. The highest BCUT2D eigenvalue weighted by atomic mass is 35.5. The van der Waals surface area contributed by atoms with E-state index < -0.39 is 0 Å². The SMILES string of the molecule is CCCN(CCC)C1CCc2cccc(C(=O)c3ccc(Cl)cc3)c2C1. The van der Waals surface area contributed by atoms with E-state index in [-0.39, 0.29) is 5.78 Å². The summed E-state index contributed by atoms with van der Waals surface area (Å²) in [6, 6.07) is 14.0. The molecule has 3 heteroatoms. The Morgan fingerprint density at radius 3 is 2.42 bits per heavy atom. The lowest BCUT2D eigenvalue weighted by Crippen LogP contribution is -2.40. The summed E-state index contributed by atoms with van der Waals surface area (Å²) in [5.74, 6) is 0.108. The molecule has 26 heavy (non-hydrogen) atoms. The van der Waals surface area contributed by atoms with Crippen LogP contribution < -0.4 is 0 Å². The molecule has 0 amide bonds. The molecule has 3 rings (SSSR count). The average molecular weight is 370 g/mol. The van der Waals surface area contributed by atoms with Crippen molar-refractivity contribution in [3.8, 4) is 0 Å². The first-order chi connectivity index (χ1) is 12.6. The van der Waals surface area contributed by atoms with E-state index in [1.807, 2.05) is 24.3 Å². The monoisotopic (exact) mass is 369 g/mol. The van der Waals surface area contributed by atoms with Crippen LogP contribution in [0, 0.1) is 0 Å². The van der Waals surface area contributed by atoms with Crippen LogP contribution in [0.15, 0.2) is 42.5 Å². The highest BCUT2D eigenvalue weighted by Crippen LogP contribution is 2.29. The van der Waals surface area contributed by atoms with Crippen molar-refractivity contribution in [2.24, 2.45) is 0 Å². The molecule has 138 valence electrons. The van der Waals surface area contributed by atoms with E-state index in [2.05, 4.69) is 24.8 Å². The van der Waals surface area contributed by atoms with Crippen LogP contribution in [-0.4, -0.2) is 29.8 Å². The molecule has 1 aliphatic rings. The predicted molar refractivity (Wildman–Crippen MR) is 109 cm³/mol. The lowest BCUT2D eigenvalue weighted by Gasteiger charge is -2.35. The first-order valence-electron chi connectivity index (χ1n) is 9.79. The van der Waals surface area contributed by atoms with E-state index in [9.17, 15) is 4.79 Å². The number of carbonyl (C=O) groups is 1. The number of benzene rings is 2. The van der Waals surface area contributed by atoms with Crippen molar-refractivity contribution in [2.45, 2.75) is 52.0 Å². The molecule has 2 aromatic rings. The number of carbonyl (C=O) groups excluding carboxylic acids is 1. The Labute approximate surface area is 162 Å². The molecular formula is C23H28ClNO. The van der Waals surface area contributed by atoms with E-state index in [0.29, 0.717) is 16.6 Å². The van der Waals surface area contributed by atoms with Gasteiger partial charge in [0, 0.05) is 22.2 Å². The van der Waals surface area contributed by atoms with Gasteiger partial charge >= 0.3 is 0 Å². The Morgan fingerprint density at radius 2 is 1.77 bits per heavy atom. The van der Waals surface area contributed by atoms with Gasteiger partial charge in [-0.1, -0.05) is 43.6 Å². The Morgan fingerprint density at radius 1 is 1.08 bits per heavy atom.